The summed E-state index contributed by atoms with van der Waals surface area (Å²) < 4.78 is 0. The summed E-state index contributed by atoms with van der Waals surface area (Å²) in [6, 6.07) is 7.97. The summed E-state index contributed by atoms with van der Waals surface area (Å²) in [6.07, 6.45) is 7.15. The maximum Gasteiger partial charge on any atom is 0.0453 e. The number of thiophene rings is 1. The summed E-state index contributed by atoms with van der Waals surface area (Å²) in [7, 11) is 0. The highest BCUT2D eigenvalue weighted by Crippen LogP contribution is 2.33. The fourth-order valence-corrected chi connectivity index (χ4v) is 4.64. The maximum absolute atomic E-state index is 6.40. The van der Waals surface area contributed by atoms with Gasteiger partial charge in [0.1, 0.15) is 0 Å². The second-order valence-corrected chi connectivity index (χ2v) is 7.72. The van der Waals surface area contributed by atoms with Crippen LogP contribution in [-0.2, 0) is 19.3 Å². The third-order valence-electron chi connectivity index (χ3n) is 4.09. The summed E-state index contributed by atoms with van der Waals surface area (Å²) in [5.74, 6) is 0. The number of fused-ring (bicyclic) bond motifs is 1. The summed E-state index contributed by atoms with van der Waals surface area (Å²) in [6.45, 7) is 0. The largest absolute Gasteiger partial charge is 0.323 e. The fraction of sp³-hybridized carbons (Fsp3) is 0.412. The summed E-state index contributed by atoms with van der Waals surface area (Å²) in [5, 5.41) is 1.37. The van der Waals surface area contributed by atoms with Crippen molar-refractivity contribution in [3.8, 4) is 0 Å². The molecule has 2 aromatic rings. The standard InChI is InChI=1S/C17H19Cl2NS/c18-13-7-6-11(14(19)10-13)8-15(20)17-9-12-4-2-1-3-5-16(12)21-17/h6-7,9-10,15H,1-5,8,20H2. The van der Waals surface area contributed by atoms with Crippen molar-refractivity contribution in [2.45, 2.75) is 44.6 Å². The molecular weight excluding hydrogens is 321 g/mol. The van der Waals surface area contributed by atoms with E-state index in [0.717, 1.165) is 12.0 Å². The quantitative estimate of drug-likeness (QED) is 0.727. The first kappa shape index (κ1) is 15.4. The molecule has 0 amide bonds. The number of hydrogen-bond acceptors (Lipinski definition) is 2. The molecule has 1 aliphatic carbocycles. The molecule has 2 N–H and O–H groups in total. The van der Waals surface area contributed by atoms with Gasteiger partial charge in [0.15, 0.2) is 0 Å². The Morgan fingerprint density at radius 3 is 2.71 bits per heavy atom. The highest BCUT2D eigenvalue weighted by Gasteiger charge is 2.17. The van der Waals surface area contributed by atoms with Gasteiger partial charge in [-0.2, -0.15) is 0 Å². The minimum Gasteiger partial charge on any atom is -0.323 e. The van der Waals surface area contributed by atoms with Crippen LogP contribution >= 0.6 is 34.5 Å². The summed E-state index contributed by atoms with van der Waals surface area (Å²) in [5.41, 5.74) is 8.99. The number of rotatable bonds is 3. The van der Waals surface area contributed by atoms with E-state index in [9.17, 15) is 0 Å². The van der Waals surface area contributed by atoms with Gasteiger partial charge in [0.05, 0.1) is 0 Å². The Bertz CT molecular complexity index is 612. The third kappa shape index (κ3) is 3.62. The van der Waals surface area contributed by atoms with Gasteiger partial charge >= 0.3 is 0 Å². The second-order valence-electron chi connectivity index (χ2n) is 5.70. The van der Waals surface area contributed by atoms with Gasteiger partial charge in [0, 0.05) is 25.8 Å². The van der Waals surface area contributed by atoms with Crippen LogP contribution < -0.4 is 5.73 Å². The van der Waals surface area contributed by atoms with Gasteiger partial charge in [0.25, 0.3) is 0 Å². The van der Waals surface area contributed by atoms with Crippen LogP contribution in [0, 0.1) is 0 Å². The number of nitrogens with two attached hydrogens (primary N) is 1. The topological polar surface area (TPSA) is 26.0 Å². The van der Waals surface area contributed by atoms with Gasteiger partial charge in [0.2, 0.25) is 0 Å². The van der Waals surface area contributed by atoms with Crippen LogP contribution in [0.25, 0.3) is 0 Å². The van der Waals surface area contributed by atoms with Crippen LogP contribution in [0.15, 0.2) is 24.3 Å². The van der Waals surface area contributed by atoms with E-state index in [-0.39, 0.29) is 6.04 Å². The first-order valence-electron chi connectivity index (χ1n) is 7.44. The van der Waals surface area contributed by atoms with Gasteiger partial charge in [-0.3, -0.25) is 0 Å². The van der Waals surface area contributed by atoms with Gasteiger partial charge in [-0.05, 0) is 61.4 Å². The number of hydrogen-bond donors (Lipinski definition) is 1. The smallest absolute Gasteiger partial charge is 0.0453 e. The van der Waals surface area contributed by atoms with E-state index in [4.69, 9.17) is 28.9 Å². The minimum atomic E-state index is 0.0144. The molecule has 1 unspecified atom stereocenters. The van der Waals surface area contributed by atoms with Gasteiger partial charge in [-0.1, -0.05) is 35.7 Å². The third-order valence-corrected chi connectivity index (χ3v) is 6.04. The van der Waals surface area contributed by atoms with Crippen molar-refractivity contribution in [2.75, 3.05) is 0 Å². The zero-order chi connectivity index (χ0) is 14.8. The van der Waals surface area contributed by atoms with Crippen LogP contribution in [0.3, 0.4) is 0 Å². The first-order chi connectivity index (χ1) is 10.1. The highest BCUT2D eigenvalue weighted by molar-refractivity contribution is 7.12. The van der Waals surface area contributed by atoms with E-state index in [1.54, 1.807) is 10.9 Å². The molecule has 1 heterocycles. The average molecular weight is 340 g/mol. The van der Waals surface area contributed by atoms with Crippen LogP contribution in [0.1, 0.15) is 46.2 Å². The van der Waals surface area contributed by atoms with Gasteiger partial charge in [-0.25, -0.2) is 0 Å². The van der Waals surface area contributed by atoms with Gasteiger partial charge < -0.3 is 5.73 Å². The molecule has 1 nitrogen and oxygen atoms in total. The molecule has 1 aromatic heterocycles. The monoisotopic (exact) mass is 339 g/mol. The lowest BCUT2D eigenvalue weighted by atomic mass is 10.0. The molecule has 0 radical (unpaired) electrons. The lowest BCUT2D eigenvalue weighted by Gasteiger charge is -2.11. The lowest BCUT2D eigenvalue weighted by Crippen LogP contribution is -2.12. The minimum absolute atomic E-state index is 0.0144. The molecule has 0 aliphatic heterocycles. The van der Waals surface area contributed by atoms with E-state index < -0.39 is 0 Å². The molecule has 0 saturated carbocycles. The molecule has 21 heavy (non-hydrogen) atoms. The number of halogens is 2. The Balaban J connectivity index is 1.77. The van der Waals surface area contributed by atoms with Crippen molar-refractivity contribution in [1.82, 2.24) is 0 Å². The number of aryl methyl sites for hydroxylation is 2. The van der Waals surface area contributed by atoms with E-state index in [1.165, 1.54) is 42.5 Å². The SMILES string of the molecule is NC(Cc1ccc(Cl)cc1Cl)c1cc2c(s1)CCCCC2. The van der Waals surface area contributed by atoms with E-state index in [0.29, 0.717) is 10.0 Å². The molecular formula is C17H19Cl2NS. The van der Waals surface area contributed by atoms with Crippen molar-refractivity contribution in [3.05, 3.63) is 55.2 Å². The van der Waals surface area contributed by atoms with Crippen molar-refractivity contribution >= 4 is 34.5 Å². The predicted molar refractivity (Wildman–Crippen MR) is 92.7 cm³/mol. The van der Waals surface area contributed by atoms with E-state index >= 15 is 0 Å². The molecule has 1 aromatic carbocycles. The Labute approximate surface area is 140 Å². The molecule has 0 bridgehead atoms. The molecule has 0 fully saturated rings. The molecule has 3 rings (SSSR count). The molecule has 1 aliphatic rings. The maximum atomic E-state index is 6.40. The first-order valence-corrected chi connectivity index (χ1v) is 9.01. The van der Waals surface area contributed by atoms with Crippen molar-refractivity contribution in [1.29, 1.82) is 0 Å². The Morgan fingerprint density at radius 1 is 1.10 bits per heavy atom. The molecule has 112 valence electrons. The fourth-order valence-electron chi connectivity index (χ4n) is 2.90. The predicted octanol–water partition coefficient (Wildman–Crippen LogP) is 5.57. The van der Waals surface area contributed by atoms with Crippen molar-refractivity contribution in [3.63, 3.8) is 0 Å². The van der Waals surface area contributed by atoms with Crippen molar-refractivity contribution < 1.29 is 0 Å². The van der Waals surface area contributed by atoms with Gasteiger partial charge in [-0.15, -0.1) is 11.3 Å². The molecule has 0 saturated heterocycles. The molecule has 1 atom stereocenters. The van der Waals surface area contributed by atoms with Crippen molar-refractivity contribution in [2.24, 2.45) is 5.73 Å². The Hall–Kier alpha value is -0.540. The zero-order valence-electron chi connectivity index (χ0n) is 11.9. The normalized spacial score (nSPS) is 16.3. The van der Waals surface area contributed by atoms with Crippen LogP contribution in [0.4, 0.5) is 0 Å². The second kappa shape index (κ2) is 6.70. The molecule has 4 heteroatoms. The molecule has 0 spiro atoms. The van der Waals surface area contributed by atoms with E-state index in [2.05, 4.69) is 6.07 Å². The van der Waals surface area contributed by atoms with Crippen LogP contribution in [0.5, 0.6) is 0 Å². The van der Waals surface area contributed by atoms with E-state index in [1.807, 2.05) is 23.5 Å². The van der Waals surface area contributed by atoms with Crippen LogP contribution in [-0.4, -0.2) is 0 Å². The zero-order valence-corrected chi connectivity index (χ0v) is 14.2. The van der Waals surface area contributed by atoms with Crippen LogP contribution in [0.2, 0.25) is 10.0 Å². The number of benzene rings is 1. The Morgan fingerprint density at radius 2 is 1.90 bits per heavy atom. The average Bonchev–Trinajstić information content (AvgIpc) is 2.73. The Kier molecular flexibility index (Phi) is 4.90. The summed E-state index contributed by atoms with van der Waals surface area (Å²) >= 11 is 14.1. The highest BCUT2D eigenvalue weighted by atomic mass is 35.5. The summed E-state index contributed by atoms with van der Waals surface area (Å²) in [4.78, 5) is 2.83. The lowest BCUT2D eigenvalue weighted by molar-refractivity contribution is 0.709.